The molecule has 4 nitrogen and oxygen atoms in total. The van der Waals surface area contributed by atoms with Crippen LogP contribution in [0, 0.1) is 13.8 Å². The van der Waals surface area contributed by atoms with Crippen LogP contribution in [0.25, 0.3) is 22.0 Å². The Morgan fingerprint density at radius 2 is 1.84 bits per heavy atom. The second-order valence-corrected chi connectivity index (χ2v) is 6.65. The Morgan fingerprint density at radius 1 is 1.12 bits per heavy atom. The number of fused-ring (bicyclic) bond motifs is 1. The van der Waals surface area contributed by atoms with E-state index in [-0.39, 0.29) is 17.8 Å². The minimum absolute atomic E-state index is 0.220. The molecule has 0 bridgehead atoms. The molecule has 1 N–H and O–H groups in total. The number of aromatic hydroxyl groups is 1. The number of aryl methyl sites for hydroxylation is 1. The largest absolute Gasteiger partial charge is 0.508 e. The molecule has 3 aromatic rings. The van der Waals surface area contributed by atoms with Crippen LogP contribution in [-0.2, 0) is 4.74 Å². The normalized spacial score (nSPS) is 11.3. The van der Waals surface area contributed by atoms with Crippen molar-refractivity contribution in [3.63, 3.8) is 0 Å². The highest BCUT2D eigenvalue weighted by Crippen LogP contribution is 2.34. The third-order valence-electron chi connectivity index (χ3n) is 4.68. The van der Waals surface area contributed by atoms with Crippen molar-refractivity contribution in [1.82, 2.24) is 4.57 Å². The molecular weight excluding hydrogens is 314 g/mol. The molecule has 3 rings (SSSR count). The van der Waals surface area contributed by atoms with Crippen LogP contribution in [0.1, 0.15) is 41.5 Å². The number of rotatable bonds is 3. The number of carbonyl (C=O) groups is 1. The van der Waals surface area contributed by atoms with E-state index in [1.165, 1.54) is 7.11 Å². The van der Waals surface area contributed by atoms with Gasteiger partial charge in [0.1, 0.15) is 5.75 Å². The predicted molar refractivity (Wildman–Crippen MR) is 100 cm³/mol. The summed E-state index contributed by atoms with van der Waals surface area (Å²) >= 11 is 0. The van der Waals surface area contributed by atoms with Crippen molar-refractivity contribution in [2.24, 2.45) is 0 Å². The number of methoxy groups -OCH3 is 1. The molecule has 0 fully saturated rings. The fraction of sp³-hybridized carbons (Fsp3) is 0.286. The molecular formula is C21H23NO3. The second kappa shape index (κ2) is 6.28. The number of phenolic OH excluding ortho intramolecular Hbond substituents is 1. The van der Waals surface area contributed by atoms with Crippen LogP contribution < -0.4 is 0 Å². The van der Waals surface area contributed by atoms with Crippen molar-refractivity contribution in [2.75, 3.05) is 7.11 Å². The SMILES string of the molecule is COC(=O)c1c(C)n(C(C)C)c2cc(-c3ccc(O)cc3C)ccc12. The molecule has 0 aliphatic rings. The number of ether oxygens (including phenoxy) is 1. The molecule has 2 aromatic carbocycles. The van der Waals surface area contributed by atoms with Gasteiger partial charge in [0.15, 0.2) is 0 Å². The van der Waals surface area contributed by atoms with E-state index in [1.807, 2.05) is 32.0 Å². The third-order valence-corrected chi connectivity index (χ3v) is 4.68. The third kappa shape index (κ3) is 2.78. The van der Waals surface area contributed by atoms with Gasteiger partial charge in [-0.3, -0.25) is 0 Å². The van der Waals surface area contributed by atoms with E-state index in [9.17, 15) is 9.90 Å². The highest BCUT2D eigenvalue weighted by atomic mass is 16.5. The number of benzene rings is 2. The molecule has 0 aliphatic carbocycles. The summed E-state index contributed by atoms with van der Waals surface area (Å²) in [5.74, 6) is -0.0489. The number of aromatic nitrogens is 1. The van der Waals surface area contributed by atoms with Gasteiger partial charge in [-0.15, -0.1) is 0 Å². The Morgan fingerprint density at radius 3 is 2.44 bits per heavy atom. The first kappa shape index (κ1) is 17.1. The lowest BCUT2D eigenvalue weighted by atomic mass is 9.98. The summed E-state index contributed by atoms with van der Waals surface area (Å²) in [5, 5.41) is 10.5. The average Bonchev–Trinajstić information content (AvgIpc) is 2.85. The molecule has 25 heavy (non-hydrogen) atoms. The molecule has 1 heterocycles. The molecule has 1 aromatic heterocycles. The Hall–Kier alpha value is -2.75. The van der Waals surface area contributed by atoms with Gasteiger partial charge in [-0.25, -0.2) is 4.79 Å². The van der Waals surface area contributed by atoms with Gasteiger partial charge >= 0.3 is 5.97 Å². The van der Waals surface area contributed by atoms with Gasteiger partial charge < -0.3 is 14.4 Å². The first-order chi connectivity index (χ1) is 11.8. The van der Waals surface area contributed by atoms with Gasteiger partial charge in [-0.2, -0.15) is 0 Å². The number of hydrogen-bond acceptors (Lipinski definition) is 3. The van der Waals surface area contributed by atoms with Crippen molar-refractivity contribution in [3.05, 3.63) is 53.2 Å². The highest BCUT2D eigenvalue weighted by molar-refractivity contribution is 6.06. The highest BCUT2D eigenvalue weighted by Gasteiger charge is 2.22. The quantitative estimate of drug-likeness (QED) is 0.684. The van der Waals surface area contributed by atoms with Gasteiger partial charge in [0, 0.05) is 22.6 Å². The smallest absolute Gasteiger partial charge is 0.340 e. The summed E-state index contributed by atoms with van der Waals surface area (Å²) in [7, 11) is 1.41. The maximum absolute atomic E-state index is 12.3. The van der Waals surface area contributed by atoms with E-state index < -0.39 is 0 Å². The number of carbonyl (C=O) groups excluding carboxylic acids is 1. The number of phenols is 1. The van der Waals surface area contributed by atoms with Gasteiger partial charge in [-0.1, -0.05) is 18.2 Å². The summed E-state index contributed by atoms with van der Waals surface area (Å²) in [4.78, 5) is 12.3. The van der Waals surface area contributed by atoms with E-state index in [4.69, 9.17) is 4.74 Å². The molecule has 0 saturated heterocycles. The maximum atomic E-state index is 12.3. The lowest BCUT2D eigenvalue weighted by molar-refractivity contribution is 0.0602. The predicted octanol–water partition coefficient (Wildman–Crippen LogP) is 5.00. The monoisotopic (exact) mass is 337 g/mol. The first-order valence-corrected chi connectivity index (χ1v) is 8.38. The van der Waals surface area contributed by atoms with Gasteiger partial charge in [-0.05, 0) is 62.6 Å². The van der Waals surface area contributed by atoms with E-state index in [2.05, 4.69) is 24.5 Å². The van der Waals surface area contributed by atoms with Crippen LogP contribution >= 0.6 is 0 Å². The zero-order valence-electron chi connectivity index (χ0n) is 15.3. The fourth-order valence-electron chi connectivity index (χ4n) is 3.60. The summed E-state index contributed by atoms with van der Waals surface area (Å²) in [5.41, 5.74) is 5.68. The molecule has 0 atom stereocenters. The second-order valence-electron chi connectivity index (χ2n) is 6.65. The molecule has 130 valence electrons. The Balaban J connectivity index is 2.30. The zero-order chi connectivity index (χ0) is 18.3. The van der Waals surface area contributed by atoms with Crippen molar-refractivity contribution >= 4 is 16.9 Å². The van der Waals surface area contributed by atoms with E-state index in [0.29, 0.717) is 5.56 Å². The van der Waals surface area contributed by atoms with E-state index >= 15 is 0 Å². The van der Waals surface area contributed by atoms with Crippen LogP contribution in [0.5, 0.6) is 5.75 Å². The van der Waals surface area contributed by atoms with Crippen LogP contribution in [0.3, 0.4) is 0 Å². The van der Waals surface area contributed by atoms with Crippen molar-refractivity contribution in [1.29, 1.82) is 0 Å². The number of esters is 1. The summed E-state index contributed by atoms with van der Waals surface area (Å²) in [6, 6.07) is 11.7. The maximum Gasteiger partial charge on any atom is 0.340 e. The van der Waals surface area contributed by atoms with Gasteiger partial charge in [0.25, 0.3) is 0 Å². The van der Waals surface area contributed by atoms with Crippen molar-refractivity contribution < 1.29 is 14.6 Å². The standard InChI is InChI=1S/C21H23NO3/c1-12(2)22-14(4)20(21(24)25-5)18-8-6-15(11-19(18)22)17-9-7-16(23)10-13(17)3/h6-12,23H,1-5H3. The minimum Gasteiger partial charge on any atom is -0.508 e. The van der Waals surface area contributed by atoms with Gasteiger partial charge in [0.05, 0.1) is 12.7 Å². The molecule has 0 spiro atoms. The lowest BCUT2D eigenvalue weighted by Gasteiger charge is -2.13. The fourth-order valence-corrected chi connectivity index (χ4v) is 3.60. The van der Waals surface area contributed by atoms with Crippen LogP contribution in [0.4, 0.5) is 0 Å². The lowest BCUT2D eigenvalue weighted by Crippen LogP contribution is -2.06. The van der Waals surface area contributed by atoms with Crippen molar-refractivity contribution in [3.8, 4) is 16.9 Å². The molecule has 0 saturated carbocycles. The number of nitrogens with zero attached hydrogens (tertiary/aromatic N) is 1. The van der Waals surface area contributed by atoms with Crippen LogP contribution in [-0.4, -0.2) is 22.8 Å². The Labute approximate surface area is 147 Å². The Bertz CT molecular complexity index is 967. The summed E-state index contributed by atoms with van der Waals surface area (Å²) in [6.45, 7) is 8.14. The molecule has 4 heteroatoms. The van der Waals surface area contributed by atoms with Gasteiger partial charge in [0.2, 0.25) is 0 Å². The minimum atomic E-state index is -0.310. The van der Waals surface area contributed by atoms with Crippen LogP contribution in [0.2, 0.25) is 0 Å². The topological polar surface area (TPSA) is 51.5 Å². The molecule has 0 aliphatic heterocycles. The number of hydrogen-bond donors (Lipinski definition) is 1. The van der Waals surface area contributed by atoms with E-state index in [1.54, 1.807) is 12.1 Å². The van der Waals surface area contributed by atoms with E-state index in [0.717, 1.165) is 33.3 Å². The zero-order valence-corrected chi connectivity index (χ0v) is 15.3. The average molecular weight is 337 g/mol. The summed E-state index contributed by atoms with van der Waals surface area (Å²) in [6.07, 6.45) is 0. The Kier molecular flexibility index (Phi) is 4.29. The molecule has 0 radical (unpaired) electrons. The molecule has 0 amide bonds. The van der Waals surface area contributed by atoms with Crippen LogP contribution in [0.15, 0.2) is 36.4 Å². The summed E-state index contributed by atoms with van der Waals surface area (Å²) < 4.78 is 7.15. The van der Waals surface area contributed by atoms with Crippen molar-refractivity contribution in [2.45, 2.75) is 33.7 Å². The molecule has 0 unspecified atom stereocenters. The first-order valence-electron chi connectivity index (χ1n) is 8.38.